The Hall–Kier alpha value is -2.19. The van der Waals surface area contributed by atoms with Crippen molar-refractivity contribution < 1.29 is 18.3 Å². The van der Waals surface area contributed by atoms with Gasteiger partial charge in [-0.05, 0) is 42.7 Å². The van der Waals surface area contributed by atoms with E-state index in [0.29, 0.717) is 56.3 Å². The van der Waals surface area contributed by atoms with E-state index in [2.05, 4.69) is 10.4 Å². The van der Waals surface area contributed by atoms with Gasteiger partial charge in [0, 0.05) is 37.0 Å². The maximum absolute atomic E-state index is 13.6. The molecule has 6 nitrogen and oxygen atoms in total. The average Bonchev–Trinajstić information content (AvgIpc) is 3.14. The van der Waals surface area contributed by atoms with Crippen molar-refractivity contribution in [3.63, 3.8) is 0 Å². The summed E-state index contributed by atoms with van der Waals surface area (Å²) in [6, 6.07) is 7.06. The van der Waals surface area contributed by atoms with Crippen LogP contribution < -0.4 is 10.1 Å². The van der Waals surface area contributed by atoms with Crippen LogP contribution in [0.1, 0.15) is 34.6 Å². The quantitative estimate of drug-likeness (QED) is 0.800. The number of carbonyl (C=O) groups excluding carboxylic acids is 1. The van der Waals surface area contributed by atoms with Gasteiger partial charge in [0.05, 0.1) is 18.3 Å². The number of fused-ring (bicyclic) bond motifs is 2. The Morgan fingerprint density at radius 1 is 1.33 bits per heavy atom. The van der Waals surface area contributed by atoms with Crippen LogP contribution in [0.5, 0.6) is 5.75 Å². The van der Waals surface area contributed by atoms with Crippen molar-refractivity contribution >= 4 is 17.5 Å². The Morgan fingerprint density at radius 3 is 2.97 bits per heavy atom. The van der Waals surface area contributed by atoms with Crippen LogP contribution in [0.2, 0.25) is 5.02 Å². The summed E-state index contributed by atoms with van der Waals surface area (Å²) in [7, 11) is 0. The lowest BCUT2D eigenvalue weighted by atomic mass is 9.80. The molecule has 1 saturated carbocycles. The van der Waals surface area contributed by atoms with Crippen molar-refractivity contribution in [3.8, 4) is 5.75 Å². The van der Waals surface area contributed by atoms with Crippen LogP contribution in [0.4, 0.5) is 8.78 Å². The van der Waals surface area contributed by atoms with Crippen molar-refractivity contribution in [2.24, 2.45) is 5.92 Å². The van der Waals surface area contributed by atoms with Crippen LogP contribution >= 0.6 is 11.6 Å². The molecule has 160 valence electrons. The number of hydrogen-bond acceptors (Lipinski definition) is 4. The lowest BCUT2D eigenvalue weighted by Crippen LogP contribution is -2.47. The van der Waals surface area contributed by atoms with Crippen LogP contribution in [-0.4, -0.2) is 52.2 Å². The highest BCUT2D eigenvalue weighted by Gasteiger charge is 2.48. The maximum Gasteiger partial charge on any atom is 0.272 e. The number of nitrogens with one attached hydrogen (secondary N) is 1. The molecular weight excluding hydrogens is 414 g/mol. The second-order valence-electron chi connectivity index (χ2n) is 8.41. The van der Waals surface area contributed by atoms with E-state index in [1.54, 1.807) is 16.8 Å². The van der Waals surface area contributed by atoms with E-state index < -0.39 is 11.8 Å². The van der Waals surface area contributed by atoms with Gasteiger partial charge in [-0.1, -0.05) is 11.6 Å². The fourth-order valence-corrected chi connectivity index (χ4v) is 4.60. The minimum Gasteiger partial charge on any atom is -0.491 e. The number of rotatable bonds is 4. The lowest BCUT2D eigenvalue weighted by Gasteiger charge is -2.40. The third-order valence-corrected chi connectivity index (χ3v) is 6.51. The summed E-state index contributed by atoms with van der Waals surface area (Å²) < 4.78 is 34.7. The predicted octanol–water partition coefficient (Wildman–Crippen LogP) is 3.13. The van der Waals surface area contributed by atoms with Gasteiger partial charge < -0.3 is 10.1 Å². The number of carbonyl (C=O) groups is 1. The molecule has 1 amide bonds. The zero-order chi connectivity index (χ0) is 20.9. The molecule has 30 heavy (non-hydrogen) atoms. The highest BCUT2D eigenvalue weighted by Crippen LogP contribution is 2.44. The minimum atomic E-state index is -2.53. The van der Waals surface area contributed by atoms with Gasteiger partial charge in [-0.3, -0.25) is 14.4 Å². The average molecular weight is 437 g/mol. The molecule has 5 rings (SSSR count). The molecule has 0 radical (unpaired) electrons. The molecule has 1 aliphatic carbocycles. The maximum atomic E-state index is 13.6. The van der Waals surface area contributed by atoms with Gasteiger partial charge in [0.15, 0.2) is 5.69 Å². The highest BCUT2D eigenvalue weighted by molar-refractivity contribution is 6.30. The first kappa shape index (κ1) is 19.8. The van der Waals surface area contributed by atoms with Gasteiger partial charge in [0.2, 0.25) is 0 Å². The number of benzene rings is 1. The monoisotopic (exact) mass is 436 g/mol. The Kier molecular flexibility index (Phi) is 4.94. The molecule has 0 saturated heterocycles. The van der Waals surface area contributed by atoms with Gasteiger partial charge in [0.25, 0.3) is 11.8 Å². The summed E-state index contributed by atoms with van der Waals surface area (Å²) in [4.78, 5) is 14.8. The Morgan fingerprint density at radius 2 is 2.20 bits per heavy atom. The number of ether oxygens (including phenoxy) is 1. The topological polar surface area (TPSA) is 59.4 Å². The summed E-state index contributed by atoms with van der Waals surface area (Å²) in [5, 5.41) is 8.03. The van der Waals surface area contributed by atoms with E-state index in [1.165, 1.54) is 0 Å². The van der Waals surface area contributed by atoms with Gasteiger partial charge in [-0.25, -0.2) is 8.78 Å². The van der Waals surface area contributed by atoms with Crippen molar-refractivity contribution in [2.75, 3.05) is 19.7 Å². The van der Waals surface area contributed by atoms with Crippen molar-refractivity contribution in [1.82, 2.24) is 20.0 Å². The fourth-order valence-electron chi connectivity index (χ4n) is 4.41. The Bertz CT molecular complexity index is 980. The molecule has 0 spiro atoms. The Balaban J connectivity index is 1.21. The molecular formula is C21H23ClF2N4O2. The van der Waals surface area contributed by atoms with Gasteiger partial charge in [-0.2, -0.15) is 5.10 Å². The normalized spacial score (nSPS) is 24.9. The summed E-state index contributed by atoms with van der Waals surface area (Å²) >= 11 is 6.05. The van der Waals surface area contributed by atoms with Crippen LogP contribution in [0, 0.1) is 5.92 Å². The largest absolute Gasteiger partial charge is 0.491 e. The first-order valence-electron chi connectivity index (χ1n) is 10.3. The second kappa shape index (κ2) is 7.50. The van der Waals surface area contributed by atoms with Crippen molar-refractivity contribution in [2.45, 2.75) is 44.3 Å². The molecule has 1 aromatic carbocycles. The molecule has 0 bridgehead atoms. The molecule has 1 N–H and O–H groups in total. The van der Waals surface area contributed by atoms with Crippen LogP contribution in [0.15, 0.2) is 24.3 Å². The van der Waals surface area contributed by atoms with Crippen molar-refractivity contribution in [3.05, 3.63) is 46.2 Å². The van der Waals surface area contributed by atoms with Crippen LogP contribution in [0.3, 0.4) is 0 Å². The molecule has 3 aliphatic rings. The summed E-state index contributed by atoms with van der Waals surface area (Å²) in [5.74, 6) is -2.56. The molecule has 3 heterocycles. The first-order valence-corrected chi connectivity index (χ1v) is 10.6. The van der Waals surface area contributed by atoms with E-state index in [0.717, 1.165) is 17.0 Å². The molecule has 1 aromatic heterocycles. The zero-order valence-electron chi connectivity index (χ0n) is 16.4. The smallest absolute Gasteiger partial charge is 0.272 e. The predicted molar refractivity (Wildman–Crippen MR) is 107 cm³/mol. The fraction of sp³-hybridized carbons (Fsp3) is 0.524. The minimum absolute atomic E-state index is 0.00464. The van der Waals surface area contributed by atoms with Crippen LogP contribution in [0.25, 0.3) is 0 Å². The molecule has 1 unspecified atom stereocenters. The second-order valence-corrected chi connectivity index (χ2v) is 8.85. The number of halogens is 3. The van der Waals surface area contributed by atoms with Gasteiger partial charge in [0.1, 0.15) is 12.4 Å². The molecule has 2 aliphatic heterocycles. The zero-order valence-corrected chi connectivity index (χ0v) is 17.2. The van der Waals surface area contributed by atoms with E-state index >= 15 is 0 Å². The van der Waals surface area contributed by atoms with Crippen molar-refractivity contribution in [1.29, 1.82) is 0 Å². The standard InChI is InChI=1S/C21H23ClF2N4O2/c22-15-1-2-19-13(7-15)8-16(12-30-19)25-20(29)18-9-17-11-27(5-6-28(17)26-18)10-14-3-4-21(14,23)24/h1-2,7,9,14,16H,3-6,8,10-12H2,(H,25,29)/t14?,16-/m1/s1. The third kappa shape index (κ3) is 3.78. The van der Waals surface area contributed by atoms with Crippen LogP contribution in [-0.2, 0) is 19.5 Å². The van der Waals surface area contributed by atoms with E-state index in [-0.39, 0.29) is 18.4 Å². The summed E-state index contributed by atoms with van der Waals surface area (Å²) in [6.07, 6.45) is 1.21. The molecule has 9 heteroatoms. The number of hydrogen-bond donors (Lipinski definition) is 1. The van der Waals surface area contributed by atoms with E-state index in [1.807, 2.05) is 17.0 Å². The van der Waals surface area contributed by atoms with Gasteiger partial charge >= 0.3 is 0 Å². The number of alkyl halides is 2. The molecule has 1 fully saturated rings. The summed E-state index contributed by atoms with van der Waals surface area (Å²) in [5.41, 5.74) is 2.19. The van der Waals surface area contributed by atoms with E-state index in [4.69, 9.17) is 16.3 Å². The molecule has 2 aromatic rings. The van der Waals surface area contributed by atoms with Gasteiger partial charge in [-0.15, -0.1) is 0 Å². The van der Waals surface area contributed by atoms with E-state index in [9.17, 15) is 13.6 Å². The molecule has 2 atom stereocenters. The number of aromatic nitrogens is 2. The number of amides is 1. The Labute approximate surface area is 178 Å². The number of nitrogens with zero attached hydrogens (tertiary/aromatic N) is 3. The third-order valence-electron chi connectivity index (χ3n) is 6.28. The first-order chi connectivity index (χ1) is 14.4. The lowest BCUT2D eigenvalue weighted by molar-refractivity contribution is -0.141. The SMILES string of the molecule is O=C(N[C@H]1COc2ccc(Cl)cc2C1)c1cc2n(n1)CCN(CC1CCC1(F)F)C2. The summed E-state index contributed by atoms with van der Waals surface area (Å²) in [6.45, 7) is 2.57. The highest BCUT2D eigenvalue weighted by atomic mass is 35.5.